The normalized spacial score (nSPS) is 17.9. The van der Waals surface area contributed by atoms with Crippen LogP contribution in [0.1, 0.15) is 49.8 Å². The van der Waals surface area contributed by atoms with Crippen LogP contribution in [0.3, 0.4) is 0 Å². The smallest absolute Gasteiger partial charge is 0.355 e. The van der Waals surface area contributed by atoms with E-state index in [-0.39, 0.29) is 19.0 Å². The van der Waals surface area contributed by atoms with Crippen molar-refractivity contribution >= 4 is 17.4 Å². The molecule has 0 aliphatic carbocycles. The predicted octanol–water partition coefficient (Wildman–Crippen LogP) is 4.75. The number of piperidine rings is 1. The minimum Gasteiger partial charge on any atom is -0.355 e. The predicted molar refractivity (Wildman–Crippen MR) is 122 cm³/mol. The number of aromatic nitrogens is 5. The molecule has 0 bridgehead atoms. The van der Waals surface area contributed by atoms with Crippen LogP contribution < -0.4 is 4.90 Å². The fourth-order valence-corrected chi connectivity index (χ4v) is 4.88. The molecule has 34 heavy (non-hydrogen) atoms. The summed E-state index contributed by atoms with van der Waals surface area (Å²) in [5, 5.41) is 9.34. The lowest BCUT2D eigenvalue weighted by Crippen LogP contribution is -2.53. The molecule has 0 spiro atoms. The van der Waals surface area contributed by atoms with Crippen LogP contribution in [0.2, 0.25) is 5.02 Å². The Hall–Kier alpha value is -2.72. The Balaban J connectivity index is 1.49. The van der Waals surface area contributed by atoms with Gasteiger partial charge in [0.15, 0.2) is 5.82 Å². The molecule has 0 saturated carbocycles. The zero-order valence-corrected chi connectivity index (χ0v) is 19.7. The molecule has 1 saturated heterocycles. The lowest BCUT2D eigenvalue weighted by molar-refractivity contribution is -0.224. The minimum atomic E-state index is -4.41. The quantitative estimate of drug-likeness (QED) is 0.527. The number of halogens is 4. The number of hydrogen-bond acceptors (Lipinski definition) is 6. The van der Waals surface area contributed by atoms with E-state index in [1.165, 1.54) is 18.7 Å². The van der Waals surface area contributed by atoms with Gasteiger partial charge in [0.05, 0.1) is 18.4 Å². The molecular formula is C23H25ClF3N7. The highest BCUT2D eigenvalue weighted by Gasteiger charge is 2.52. The van der Waals surface area contributed by atoms with Crippen molar-refractivity contribution < 1.29 is 13.2 Å². The van der Waals surface area contributed by atoms with E-state index in [2.05, 4.69) is 25.1 Å². The summed E-state index contributed by atoms with van der Waals surface area (Å²) in [4.78, 5) is 12.1. The third-order valence-corrected chi connectivity index (χ3v) is 7.18. The monoisotopic (exact) mass is 491 g/mol. The van der Waals surface area contributed by atoms with Gasteiger partial charge in [0.2, 0.25) is 0 Å². The highest BCUT2D eigenvalue weighted by Crippen LogP contribution is 2.40. The van der Waals surface area contributed by atoms with Crippen molar-refractivity contribution in [3.8, 4) is 5.69 Å². The summed E-state index contributed by atoms with van der Waals surface area (Å²) in [6, 6.07) is 5.36. The van der Waals surface area contributed by atoms with Gasteiger partial charge in [0.25, 0.3) is 0 Å². The van der Waals surface area contributed by atoms with Gasteiger partial charge < -0.3 is 4.90 Å². The second-order valence-corrected chi connectivity index (χ2v) is 9.76. The van der Waals surface area contributed by atoms with E-state index in [4.69, 9.17) is 11.6 Å². The Kier molecular flexibility index (Phi) is 5.76. The molecule has 0 radical (unpaired) electrons. The molecule has 180 valence electrons. The first-order valence-corrected chi connectivity index (χ1v) is 11.6. The lowest BCUT2D eigenvalue weighted by Gasteiger charge is -2.38. The summed E-state index contributed by atoms with van der Waals surface area (Å²) in [7, 11) is 0. The first-order chi connectivity index (χ1) is 16.1. The molecule has 1 fully saturated rings. The first kappa shape index (κ1) is 23.0. The van der Waals surface area contributed by atoms with E-state index < -0.39 is 11.7 Å². The molecule has 5 rings (SSSR count). The molecule has 4 heterocycles. The van der Waals surface area contributed by atoms with E-state index in [1.807, 2.05) is 10.6 Å². The summed E-state index contributed by atoms with van der Waals surface area (Å²) < 4.78 is 43.7. The Morgan fingerprint density at radius 1 is 1.03 bits per heavy atom. The Bertz CT molecular complexity index is 1170. The SMILES string of the molecule is CC(C)(N1Cc2cc(Cl)ccc2-n2c(nnc2C2CCN(c3cnccn3)CC2)C1)C(F)(F)F. The first-order valence-electron chi connectivity index (χ1n) is 11.2. The van der Waals surface area contributed by atoms with Crippen LogP contribution in [0.4, 0.5) is 19.0 Å². The molecule has 2 aliphatic heterocycles. The van der Waals surface area contributed by atoms with Gasteiger partial charge in [-0.1, -0.05) is 11.6 Å². The second-order valence-electron chi connectivity index (χ2n) is 9.32. The minimum absolute atomic E-state index is 0.0320. The van der Waals surface area contributed by atoms with Gasteiger partial charge in [-0.25, -0.2) is 4.98 Å². The summed E-state index contributed by atoms with van der Waals surface area (Å²) in [5.41, 5.74) is -0.534. The number of alkyl halides is 3. The highest BCUT2D eigenvalue weighted by molar-refractivity contribution is 6.30. The molecule has 2 aliphatic rings. The van der Waals surface area contributed by atoms with E-state index in [1.54, 1.807) is 30.7 Å². The lowest BCUT2D eigenvalue weighted by atomic mass is 9.95. The van der Waals surface area contributed by atoms with Crippen molar-refractivity contribution in [1.29, 1.82) is 0 Å². The van der Waals surface area contributed by atoms with Crippen molar-refractivity contribution in [3.05, 3.63) is 59.0 Å². The van der Waals surface area contributed by atoms with Gasteiger partial charge in [0, 0.05) is 43.0 Å². The van der Waals surface area contributed by atoms with Crippen molar-refractivity contribution in [1.82, 2.24) is 29.6 Å². The van der Waals surface area contributed by atoms with Crippen molar-refractivity contribution in [2.24, 2.45) is 0 Å². The topological polar surface area (TPSA) is 63.0 Å². The number of hydrogen-bond donors (Lipinski definition) is 0. The Morgan fingerprint density at radius 2 is 1.79 bits per heavy atom. The second kappa shape index (κ2) is 8.49. The third-order valence-electron chi connectivity index (χ3n) is 6.95. The van der Waals surface area contributed by atoms with Crippen LogP contribution in [0.25, 0.3) is 5.69 Å². The Morgan fingerprint density at radius 3 is 2.47 bits per heavy atom. The molecule has 0 atom stereocenters. The maximum absolute atomic E-state index is 13.9. The molecule has 11 heteroatoms. The highest BCUT2D eigenvalue weighted by atomic mass is 35.5. The van der Waals surface area contributed by atoms with E-state index >= 15 is 0 Å². The average molecular weight is 492 g/mol. The summed E-state index contributed by atoms with van der Waals surface area (Å²) >= 11 is 6.25. The van der Waals surface area contributed by atoms with Crippen LogP contribution >= 0.6 is 11.6 Å². The van der Waals surface area contributed by atoms with Gasteiger partial charge in [0.1, 0.15) is 17.2 Å². The van der Waals surface area contributed by atoms with Gasteiger partial charge in [-0.2, -0.15) is 13.2 Å². The van der Waals surface area contributed by atoms with Gasteiger partial charge in [-0.05, 0) is 50.5 Å². The van der Waals surface area contributed by atoms with Gasteiger partial charge in [-0.3, -0.25) is 14.5 Å². The van der Waals surface area contributed by atoms with Crippen molar-refractivity contribution in [2.75, 3.05) is 18.0 Å². The van der Waals surface area contributed by atoms with Crippen LogP contribution in [0.5, 0.6) is 0 Å². The maximum Gasteiger partial charge on any atom is 0.406 e. The number of anilines is 1. The van der Waals surface area contributed by atoms with Crippen LogP contribution in [0, 0.1) is 0 Å². The Labute approximate surface area is 200 Å². The molecule has 0 amide bonds. The van der Waals surface area contributed by atoms with E-state index in [0.29, 0.717) is 10.8 Å². The van der Waals surface area contributed by atoms with Gasteiger partial charge in [-0.15, -0.1) is 10.2 Å². The largest absolute Gasteiger partial charge is 0.406 e. The van der Waals surface area contributed by atoms with Crippen LogP contribution in [-0.2, 0) is 13.1 Å². The molecule has 0 N–H and O–H groups in total. The fourth-order valence-electron chi connectivity index (χ4n) is 4.69. The van der Waals surface area contributed by atoms with Crippen molar-refractivity contribution in [2.45, 2.75) is 57.4 Å². The molecule has 0 unspecified atom stereocenters. The van der Waals surface area contributed by atoms with Gasteiger partial charge >= 0.3 is 6.18 Å². The average Bonchev–Trinajstić information content (AvgIpc) is 3.14. The summed E-state index contributed by atoms with van der Waals surface area (Å²) in [5.74, 6) is 2.25. The molecule has 3 aromatic rings. The van der Waals surface area contributed by atoms with Crippen LogP contribution in [0.15, 0.2) is 36.8 Å². The zero-order chi connectivity index (χ0) is 24.1. The number of rotatable bonds is 3. The number of benzene rings is 1. The number of nitrogens with zero attached hydrogens (tertiary/aromatic N) is 7. The van der Waals surface area contributed by atoms with E-state index in [0.717, 1.165) is 48.8 Å². The fraction of sp³-hybridized carbons (Fsp3) is 0.478. The standard InChI is InChI=1S/C23H25ClF3N7/c1-22(2,23(25,26)27)33-13-16-11-17(24)3-4-18(16)34-20(14-33)30-31-21(34)15-5-9-32(10-6-15)19-12-28-7-8-29-19/h3-4,7-8,11-12,15H,5-6,9-10,13-14H2,1-2H3. The van der Waals surface area contributed by atoms with Crippen LogP contribution in [-0.4, -0.2) is 54.4 Å². The summed E-state index contributed by atoms with van der Waals surface area (Å²) in [6.45, 7) is 4.11. The summed E-state index contributed by atoms with van der Waals surface area (Å²) in [6.07, 6.45) is 2.33. The molecule has 1 aromatic carbocycles. The molecular weight excluding hydrogens is 467 g/mol. The zero-order valence-electron chi connectivity index (χ0n) is 18.9. The number of fused-ring (bicyclic) bond motifs is 3. The maximum atomic E-state index is 13.9. The molecule has 2 aromatic heterocycles. The van der Waals surface area contributed by atoms with Crippen molar-refractivity contribution in [3.63, 3.8) is 0 Å². The molecule has 7 nitrogen and oxygen atoms in total. The third kappa shape index (κ3) is 4.02. The van der Waals surface area contributed by atoms with E-state index in [9.17, 15) is 13.2 Å².